The van der Waals surface area contributed by atoms with Crippen LogP contribution in [-0.2, 0) is 67.4 Å². The predicted octanol–water partition coefficient (Wildman–Crippen LogP) is -8.85. The van der Waals surface area contributed by atoms with Crippen molar-refractivity contribution in [2.45, 2.75) is 106 Å². The van der Waals surface area contributed by atoms with E-state index >= 15 is 0 Å². The number of aromatic nitrogens is 2. The topological polar surface area (TPSA) is 402 Å². The number of anilines is 1. The Labute approximate surface area is 566 Å². The quantitative estimate of drug-likeness (QED) is 0.0142. The fourth-order valence-corrected chi connectivity index (χ4v) is 14.0. The number of carbonyl (C=O) groups is 1. The number of amides is 1. The number of aliphatic hydroxyl groups is 1. The van der Waals surface area contributed by atoms with Crippen molar-refractivity contribution in [2.24, 2.45) is 0 Å². The molecular weight excluding hydrogens is 1230 g/mol. The second kappa shape index (κ2) is 30.0. The van der Waals surface area contributed by atoms with Gasteiger partial charge in [0, 0.05) is 72.7 Å². The van der Waals surface area contributed by atoms with Crippen LogP contribution >= 0.6 is 23.5 Å². The van der Waals surface area contributed by atoms with Crippen molar-refractivity contribution >= 4 is 83.5 Å². The van der Waals surface area contributed by atoms with Crippen molar-refractivity contribution in [1.82, 2.24) is 14.9 Å². The molecule has 428 valence electrons. The van der Waals surface area contributed by atoms with Crippen molar-refractivity contribution in [1.29, 1.82) is 0 Å². The Balaban J connectivity index is 0.00000452. The molecular formula is C48H54N5Na4O21P3S2. The molecule has 35 heteroatoms. The van der Waals surface area contributed by atoms with Crippen molar-refractivity contribution in [3.8, 4) is 0 Å². The molecule has 1 saturated heterocycles. The minimum Gasteiger partial charge on any atom is -0.756 e. The number of allylic oxidation sites excluding steroid dienone is 6. The number of carbonyl (C=O) groups excluding carboxylic acids is 1. The van der Waals surface area contributed by atoms with E-state index in [4.69, 9.17) is 9.63 Å². The summed E-state index contributed by atoms with van der Waals surface area (Å²) in [4.78, 5) is 84.5. The number of phosphoric acid groups is 3. The summed E-state index contributed by atoms with van der Waals surface area (Å²) < 4.78 is 126. The summed E-state index contributed by atoms with van der Waals surface area (Å²) in [6.45, 7) is 9.79. The number of hydrogen-bond acceptors (Lipinski definition) is 21. The molecule has 3 aliphatic heterocycles. The third-order valence-electron chi connectivity index (χ3n) is 13.4. The first-order valence-electron chi connectivity index (χ1n) is 24.1. The van der Waals surface area contributed by atoms with Gasteiger partial charge < -0.3 is 53.3 Å². The smallest absolute Gasteiger partial charge is 0.756 e. The summed E-state index contributed by atoms with van der Waals surface area (Å²) in [5, 5.41) is 13.9. The molecule has 0 spiro atoms. The number of fused-ring (bicyclic) bond motifs is 4. The zero-order chi connectivity index (χ0) is 58.3. The molecule has 4 aromatic rings. The van der Waals surface area contributed by atoms with Crippen LogP contribution in [0.2, 0.25) is 0 Å². The first-order chi connectivity index (χ1) is 36.6. The van der Waals surface area contributed by atoms with Gasteiger partial charge in [0.2, 0.25) is 11.6 Å². The first-order valence-corrected chi connectivity index (χ1v) is 31.4. The number of ether oxygens (including phenoxy) is 1. The fraction of sp³-hybridized carbons (Fsp3) is 0.375. The van der Waals surface area contributed by atoms with Gasteiger partial charge >= 0.3 is 124 Å². The van der Waals surface area contributed by atoms with Crippen LogP contribution in [0.4, 0.5) is 11.4 Å². The molecule has 7 rings (SSSR count). The van der Waals surface area contributed by atoms with Gasteiger partial charge in [-0.25, -0.2) is 30.3 Å². The molecule has 6 atom stereocenters. The van der Waals surface area contributed by atoms with Crippen molar-refractivity contribution in [2.75, 3.05) is 24.6 Å². The van der Waals surface area contributed by atoms with E-state index in [0.717, 1.165) is 39.1 Å². The van der Waals surface area contributed by atoms with E-state index in [0.29, 0.717) is 43.3 Å². The van der Waals surface area contributed by atoms with E-state index in [9.17, 15) is 73.8 Å². The van der Waals surface area contributed by atoms with Gasteiger partial charge in [-0.1, -0.05) is 44.2 Å². The SMILES string of the molecule is CCN1/C(=C/C=C/C=C/C2=[N+](CCCCCC(=O)N/C=C/c3cn([C@H]4C[C@H](O)[C@@H](COP(=O)([O-])OP(=O)([O-])OP(=O)([O-])O)O4)c(=O)[nH]c3=O)c3ccc4c(S(=O)(=O)[O-])cccc4c3C2(C)C)C(C)(C)c2cc(S(=O)(=O)[O-])ccc21.[Na+].[Na+].[Na+].[Na+]. The largest absolute Gasteiger partial charge is 1.00 e. The summed E-state index contributed by atoms with van der Waals surface area (Å²) in [6.07, 6.45) is 9.68. The second-order valence-corrected chi connectivity index (χ2v) is 26.5. The number of likely N-dealkylation sites (N-methyl/N-ethyl adjacent to an activating group) is 1. The maximum atomic E-state index is 12.9. The van der Waals surface area contributed by atoms with Gasteiger partial charge in [-0.3, -0.25) is 32.8 Å². The number of benzene rings is 3. The molecule has 3 aromatic carbocycles. The van der Waals surface area contributed by atoms with Crippen LogP contribution in [0.1, 0.15) is 89.6 Å². The van der Waals surface area contributed by atoms with E-state index in [1.807, 2.05) is 65.0 Å². The number of unbranched alkanes of at least 4 members (excludes halogenated alkanes) is 2. The molecule has 0 saturated carbocycles. The zero-order valence-electron chi connectivity index (χ0n) is 46.8. The van der Waals surface area contributed by atoms with Crippen LogP contribution in [0, 0.1) is 0 Å². The average Bonchev–Trinajstić information content (AvgIpc) is 3.88. The maximum Gasteiger partial charge on any atom is 1.00 e. The van der Waals surface area contributed by atoms with Gasteiger partial charge in [0.15, 0.2) is 5.71 Å². The molecule has 0 radical (unpaired) electrons. The molecule has 1 aromatic heterocycles. The molecule has 0 aliphatic carbocycles. The monoisotopic (exact) mass is 1290 g/mol. The van der Waals surface area contributed by atoms with Crippen LogP contribution in [0.25, 0.3) is 16.8 Å². The van der Waals surface area contributed by atoms with Crippen LogP contribution < -0.4 is 154 Å². The molecule has 1 amide bonds. The van der Waals surface area contributed by atoms with Gasteiger partial charge in [0.25, 0.3) is 29.0 Å². The summed E-state index contributed by atoms with van der Waals surface area (Å²) in [5.41, 5.74) is 1.44. The minimum absolute atomic E-state index is 0. The Morgan fingerprint density at radius 3 is 2.20 bits per heavy atom. The Morgan fingerprint density at radius 1 is 0.880 bits per heavy atom. The van der Waals surface area contributed by atoms with E-state index in [-0.39, 0.29) is 152 Å². The van der Waals surface area contributed by atoms with Crippen molar-refractivity contribution < 1.29 is 210 Å². The maximum absolute atomic E-state index is 12.9. The standard InChI is InChI=1S/C48H58N5O21P3S2.4Na/c1-6-51-35-21-19-31(78(65,66)67)26-34(35)47(2,3)40(51)16-9-7-10-17-41-48(4,5)44-33-14-13-15-39(79(68,69)70)32(33)20-22-36(44)52(41)25-12-8-11-18-42(55)49-24-23-30-28-53(46(57)50-45(30)56)43-27-37(54)38(72-43)29-71-76(61,62)74-77(63,64)73-75(58,59)60;;;;/h7,9-10,13-17,19-24,26,28,37-38,43,54H,6,8,11-12,18,25,27,29H2,1-5H3,(H7-,49,50,55,56,57,58,59,60,61,62,63,64,65,66,67,68,69,70);;;;/q;4*+1/p-4/b24-23+;;;;/t37-,38+,43+;;;;/m0..../s1. The zero-order valence-corrected chi connectivity index (χ0v) is 59.1. The van der Waals surface area contributed by atoms with E-state index < -0.39 is 96.7 Å². The molecule has 83 heavy (non-hydrogen) atoms. The van der Waals surface area contributed by atoms with Gasteiger partial charge in [-0.2, -0.15) is 4.58 Å². The summed E-state index contributed by atoms with van der Waals surface area (Å²) in [7, 11) is -27.6. The average molecular weight is 1290 g/mol. The van der Waals surface area contributed by atoms with Gasteiger partial charge in [0.05, 0.1) is 33.5 Å². The number of nitrogens with zero attached hydrogens (tertiary/aromatic N) is 3. The molecule has 1 fully saturated rings. The number of H-pyrrole nitrogens is 1. The number of phosphoric ester groups is 1. The molecule has 4 N–H and O–H groups in total. The summed E-state index contributed by atoms with van der Waals surface area (Å²) >= 11 is 0. The molecule has 3 unspecified atom stereocenters. The molecule has 4 heterocycles. The Hall–Kier alpha value is -1.35. The first kappa shape index (κ1) is 75.9. The van der Waals surface area contributed by atoms with Gasteiger partial charge in [0.1, 0.15) is 39.1 Å². The molecule has 0 bridgehead atoms. The Kier molecular flexibility index (Phi) is 27.4. The van der Waals surface area contributed by atoms with Crippen LogP contribution in [0.15, 0.2) is 116 Å². The van der Waals surface area contributed by atoms with Gasteiger partial charge in [-0.05, 0) is 92.4 Å². The number of hydrogen-bond donors (Lipinski definition) is 4. The number of nitrogens with one attached hydrogen (secondary N) is 2. The number of aromatic amines is 1. The van der Waals surface area contributed by atoms with E-state index in [1.165, 1.54) is 36.5 Å². The van der Waals surface area contributed by atoms with Crippen LogP contribution in [0.5, 0.6) is 0 Å². The minimum atomic E-state index is -6.19. The fourth-order valence-electron chi connectivity index (χ4n) is 9.91. The van der Waals surface area contributed by atoms with Crippen molar-refractivity contribution in [3.05, 3.63) is 135 Å². The number of aliphatic hydroxyl groups excluding tert-OH is 1. The Morgan fingerprint density at radius 2 is 1.57 bits per heavy atom. The third kappa shape index (κ3) is 18.4. The Bertz CT molecular complexity index is 3770. The number of rotatable bonds is 22. The normalized spacial score (nSPS) is 20.9. The summed E-state index contributed by atoms with van der Waals surface area (Å²) in [5.74, 6) is -0.420. The van der Waals surface area contributed by atoms with E-state index in [1.54, 1.807) is 24.3 Å². The predicted molar refractivity (Wildman–Crippen MR) is 276 cm³/mol. The summed E-state index contributed by atoms with van der Waals surface area (Å²) in [6, 6.07) is 12.4. The van der Waals surface area contributed by atoms with Crippen molar-refractivity contribution in [3.63, 3.8) is 0 Å². The van der Waals surface area contributed by atoms with Gasteiger partial charge in [-0.15, -0.1) is 0 Å². The molecule has 26 nitrogen and oxygen atoms in total. The second-order valence-electron chi connectivity index (χ2n) is 19.4. The van der Waals surface area contributed by atoms with Crippen LogP contribution in [0.3, 0.4) is 0 Å². The molecule has 3 aliphatic rings. The van der Waals surface area contributed by atoms with E-state index in [2.05, 4.69) is 32.9 Å². The third-order valence-corrected chi connectivity index (χ3v) is 18.8. The van der Waals surface area contributed by atoms with Crippen LogP contribution in [-0.4, -0.2) is 93.6 Å².